The minimum absolute atomic E-state index is 1.03. The minimum Gasteiger partial charge on any atom is -0.316 e. The Morgan fingerprint density at radius 2 is 2.14 bits per heavy atom. The Labute approximate surface area is 86.5 Å². The van der Waals surface area contributed by atoms with Gasteiger partial charge in [-0.25, -0.2) is 0 Å². The second-order valence-electron chi connectivity index (χ2n) is 3.61. The molecule has 1 aromatic rings. The molecule has 0 spiro atoms. The fourth-order valence-corrected chi connectivity index (χ4v) is 1.42. The van der Waals surface area contributed by atoms with Crippen LogP contribution in [-0.4, -0.2) is 22.9 Å². The summed E-state index contributed by atoms with van der Waals surface area (Å²) in [4.78, 5) is 0. The standard InChI is InChI=1S/C11H21N3/c1-3-6-12-7-5-11-9-13-14(10-11)8-4-2/h9-10,12H,3-8H2,1-2H3. The van der Waals surface area contributed by atoms with E-state index in [1.807, 2.05) is 10.9 Å². The third kappa shape index (κ3) is 3.92. The lowest BCUT2D eigenvalue weighted by molar-refractivity contribution is 0.601. The van der Waals surface area contributed by atoms with E-state index in [1.54, 1.807) is 0 Å². The molecule has 1 N–H and O–H groups in total. The average Bonchev–Trinajstić information content (AvgIpc) is 2.61. The molecule has 0 radical (unpaired) electrons. The van der Waals surface area contributed by atoms with Crippen molar-refractivity contribution < 1.29 is 0 Å². The highest BCUT2D eigenvalue weighted by atomic mass is 15.3. The molecule has 0 aromatic carbocycles. The molecule has 80 valence electrons. The van der Waals surface area contributed by atoms with Crippen LogP contribution in [0.15, 0.2) is 12.4 Å². The SMILES string of the molecule is CCCNCCc1cnn(CCC)c1. The fraction of sp³-hybridized carbons (Fsp3) is 0.727. The summed E-state index contributed by atoms with van der Waals surface area (Å²) in [7, 11) is 0. The van der Waals surface area contributed by atoms with Crippen molar-refractivity contribution in [1.29, 1.82) is 0 Å². The molecule has 3 heteroatoms. The average molecular weight is 195 g/mol. The molecule has 0 saturated heterocycles. The van der Waals surface area contributed by atoms with Gasteiger partial charge in [0.2, 0.25) is 0 Å². The van der Waals surface area contributed by atoms with Gasteiger partial charge >= 0.3 is 0 Å². The van der Waals surface area contributed by atoms with Crippen molar-refractivity contribution in [3.05, 3.63) is 18.0 Å². The molecule has 0 aliphatic heterocycles. The van der Waals surface area contributed by atoms with Gasteiger partial charge in [0.25, 0.3) is 0 Å². The van der Waals surface area contributed by atoms with Crippen molar-refractivity contribution in [2.45, 2.75) is 39.7 Å². The third-order valence-electron chi connectivity index (χ3n) is 2.16. The molecular weight excluding hydrogens is 174 g/mol. The van der Waals surface area contributed by atoms with Crippen LogP contribution in [0.4, 0.5) is 0 Å². The van der Waals surface area contributed by atoms with Crippen LogP contribution < -0.4 is 5.32 Å². The molecule has 0 amide bonds. The van der Waals surface area contributed by atoms with Crippen LogP contribution in [0.25, 0.3) is 0 Å². The Balaban J connectivity index is 2.22. The zero-order valence-electron chi connectivity index (χ0n) is 9.29. The maximum Gasteiger partial charge on any atom is 0.0522 e. The van der Waals surface area contributed by atoms with Crippen LogP contribution in [0.5, 0.6) is 0 Å². The molecule has 1 rings (SSSR count). The van der Waals surface area contributed by atoms with Gasteiger partial charge in [-0.3, -0.25) is 4.68 Å². The van der Waals surface area contributed by atoms with Crippen molar-refractivity contribution in [1.82, 2.24) is 15.1 Å². The summed E-state index contributed by atoms with van der Waals surface area (Å²) in [6.07, 6.45) is 7.56. The number of nitrogens with zero attached hydrogens (tertiary/aromatic N) is 2. The number of aromatic nitrogens is 2. The van der Waals surface area contributed by atoms with Crippen molar-refractivity contribution in [2.24, 2.45) is 0 Å². The number of hydrogen-bond acceptors (Lipinski definition) is 2. The van der Waals surface area contributed by atoms with E-state index in [0.717, 1.165) is 32.5 Å². The van der Waals surface area contributed by atoms with Crippen molar-refractivity contribution in [3.63, 3.8) is 0 Å². The Kier molecular flexibility index (Phi) is 5.30. The first kappa shape index (κ1) is 11.2. The number of aryl methyl sites for hydroxylation is 1. The van der Waals surface area contributed by atoms with E-state index in [9.17, 15) is 0 Å². The molecular formula is C11H21N3. The normalized spacial score (nSPS) is 10.7. The van der Waals surface area contributed by atoms with E-state index < -0.39 is 0 Å². The van der Waals surface area contributed by atoms with Gasteiger partial charge in [-0.15, -0.1) is 0 Å². The van der Waals surface area contributed by atoms with E-state index in [-0.39, 0.29) is 0 Å². The van der Waals surface area contributed by atoms with Gasteiger partial charge in [-0.1, -0.05) is 13.8 Å². The Bertz CT molecular complexity index is 242. The Morgan fingerprint density at radius 1 is 1.29 bits per heavy atom. The number of rotatable bonds is 7. The summed E-state index contributed by atoms with van der Waals surface area (Å²) in [5, 5.41) is 7.68. The second kappa shape index (κ2) is 6.60. The summed E-state index contributed by atoms with van der Waals surface area (Å²) in [5.41, 5.74) is 1.34. The summed E-state index contributed by atoms with van der Waals surface area (Å²) < 4.78 is 2.02. The largest absolute Gasteiger partial charge is 0.316 e. The number of nitrogens with one attached hydrogen (secondary N) is 1. The van der Waals surface area contributed by atoms with E-state index in [2.05, 4.69) is 30.5 Å². The first-order chi connectivity index (χ1) is 6.86. The lowest BCUT2D eigenvalue weighted by Gasteiger charge is -2.00. The summed E-state index contributed by atoms with van der Waals surface area (Å²) in [6.45, 7) is 7.56. The van der Waals surface area contributed by atoms with Gasteiger partial charge in [0.15, 0.2) is 0 Å². The van der Waals surface area contributed by atoms with Crippen molar-refractivity contribution in [2.75, 3.05) is 13.1 Å². The van der Waals surface area contributed by atoms with Gasteiger partial charge in [0.05, 0.1) is 6.20 Å². The molecule has 0 unspecified atom stereocenters. The molecule has 0 saturated carbocycles. The smallest absolute Gasteiger partial charge is 0.0522 e. The van der Waals surface area contributed by atoms with E-state index in [1.165, 1.54) is 12.0 Å². The molecule has 0 aliphatic rings. The molecule has 14 heavy (non-hydrogen) atoms. The van der Waals surface area contributed by atoms with Crippen molar-refractivity contribution in [3.8, 4) is 0 Å². The summed E-state index contributed by atoms with van der Waals surface area (Å²) in [5.74, 6) is 0. The van der Waals surface area contributed by atoms with Crippen LogP contribution in [0, 0.1) is 0 Å². The molecule has 1 heterocycles. The quantitative estimate of drug-likeness (QED) is 0.673. The zero-order chi connectivity index (χ0) is 10.2. The summed E-state index contributed by atoms with van der Waals surface area (Å²) in [6, 6.07) is 0. The fourth-order valence-electron chi connectivity index (χ4n) is 1.42. The molecule has 0 atom stereocenters. The zero-order valence-corrected chi connectivity index (χ0v) is 9.29. The molecule has 0 bridgehead atoms. The van der Waals surface area contributed by atoms with Crippen molar-refractivity contribution >= 4 is 0 Å². The maximum absolute atomic E-state index is 4.29. The number of hydrogen-bond donors (Lipinski definition) is 1. The first-order valence-corrected chi connectivity index (χ1v) is 5.58. The minimum atomic E-state index is 1.03. The third-order valence-corrected chi connectivity index (χ3v) is 2.16. The van der Waals surface area contributed by atoms with Crippen LogP contribution in [0.3, 0.4) is 0 Å². The summed E-state index contributed by atoms with van der Waals surface area (Å²) >= 11 is 0. The highest BCUT2D eigenvalue weighted by molar-refractivity contribution is 5.04. The van der Waals surface area contributed by atoms with E-state index in [4.69, 9.17) is 0 Å². The monoisotopic (exact) mass is 195 g/mol. The Morgan fingerprint density at radius 3 is 2.86 bits per heavy atom. The highest BCUT2D eigenvalue weighted by Gasteiger charge is 1.96. The van der Waals surface area contributed by atoms with E-state index >= 15 is 0 Å². The lowest BCUT2D eigenvalue weighted by Crippen LogP contribution is -2.17. The van der Waals surface area contributed by atoms with Gasteiger partial charge < -0.3 is 5.32 Å². The van der Waals surface area contributed by atoms with Gasteiger partial charge in [0.1, 0.15) is 0 Å². The second-order valence-corrected chi connectivity index (χ2v) is 3.61. The predicted molar refractivity (Wildman–Crippen MR) is 59.4 cm³/mol. The van der Waals surface area contributed by atoms with Crippen LogP contribution in [-0.2, 0) is 13.0 Å². The molecule has 0 fully saturated rings. The molecule has 1 aromatic heterocycles. The predicted octanol–water partition coefficient (Wildman–Crippen LogP) is 1.84. The van der Waals surface area contributed by atoms with Gasteiger partial charge in [0, 0.05) is 12.7 Å². The van der Waals surface area contributed by atoms with Gasteiger partial charge in [-0.05, 0) is 37.9 Å². The molecule has 3 nitrogen and oxygen atoms in total. The van der Waals surface area contributed by atoms with Crippen LogP contribution in [0.1, 0.15) is 32.3 Å². The lowest BCUT2D eigenvalue weighted by atomic mass is 10.2. The van der Waals surface area contributed by atoms with Crippen LogP contribution in [0.2, 0.25) is 0 Å². The molecule has 0 aliphatic carbocycles. The highest BCUT2D eigenvalue weighted by Crippen LogP contribution is 1.99. The van der Waals surface area contributed by atoms with E-state index in [0.29, 0.717) is 0 Å². The topological polar surface area (TPSA) is 29.9 Å². The van der Waals surface area contributed by atoms with Gasteiger partial charge in [-0.2, -0.15) is 5.10 Å². The van der Waals surface area contributed by atoms with Crippen LogP contribution >= 0.6 is 0 Å². The first-order valence-electron chi connectivity index (χ1n) is 5.58. The maximum atomic E-state index is 4.29. The Hall–Kier alpha value is -0.830.